The Labute approximate surface area is 104 Å². The van der Waals surface area contributed by atoms with E-state index in [1.165, 1.54) is 24.2 Å². The van der Waals surface area contributed by atoms with Crippen LogP contribution in [0.3, 0.4) is 0 Å². The number of terminal acetylenes is 1. The van der Waals surface area contributed by atoms with E-state index in [1.807, 2.05) is 5.38 Å². The molecule has 0 atom stereocenters. The lowest BCUT2D eigenvalue weighted by Crippen LogP contribution is -2.32. The maximum atomic E-state index is 12.1. The molecule has 0 unspecified atom stereocenters. The van der Waals surface area contributed by atoms with Crippen molar-refractivity contribution >= 4 is 28.8 Å². The third-order valence-electron chi connectivity index (χ3n) is 2.56. The van der Waals surface area contributed by atoms with E-state index < -0.39 is 0 Å². The second-order valence-electron chi connectivity index (χ2n) is 3.93. The first-order chi connectivity index (χ1) is 7.72. The van der Waals surface area contributed by atoms with Gasteiger partial charge in [0.05, 0.1) is 11.6 Å². The van der Waals surface area contributed by atoms with Gasteiger partial charge in [-0.3, -0.25) is 4.79 Å². The number of hydrogen-bond acceptors (Lipinski definition) is 2. The third-order valence-corrected chi connectivity index (χ3v) is 3.89. The summed E-state index contributed by atoms with van der Waals surface area (Å²) in [4.78, 5) is 14.4. The molecule has 2 nitrogen and oxygen atoms in total. The molecule has 1 amide bonds. The summed E-state index contributed by atoms with van der Waals surface area (Å²) in [7, 11) is 0. The van der Waals surface area contributed by atoms with Crippen molar-refractivity contribution in [3.8, 4) is 12.3 Å². The van der Waals surface area contributed by atoms with E-state index in [-0.39, 0.29) is 5.91 Å². The molecule has 0 spiro atoms. The molecular weight excluding hydrogens is 242 g/mol. The molecular formula is C12H12ClNOS. The van der Waals surface area contributed by atoms with E-state index in [0.717, 1.165) is 6.54 Å². The Morgan fingerprint density at radius 3 is 2.94 bits per heavy atom. The summed E-state index contributed by atoms with van der Waals surface area (Å²) in [6.45, 7) is 1.13. The molecule has 1 saturated carbocycles. The highest BCUT2D eigenvalue weighted by molar-refractivity contribution is 7.12. The largest absolute Gasteiger partial charge is 0.326 e. The minimum absolute atomic E-state index is 0.0372. The standard InChI is InChI=1S/C12H12ClNOS/c1-2-6-14(8-9-3-4-9)12(15)11-10(13)5-7-16-11/h1,5,7,9H,3-4,6,8H2. The second kappa shape index (κ2) is 4.90. The molecule has 1 aliphatic carbocycles. The summed E-state index contributed by atoms with van der Waals surface area (Å²) >= 11 is 7.31. The molecule has 84 valence electrons. The zero-order valence-electron chi connectivity index (χ0n) is 8.78. The zero-order chi connectivity index (χ0) is 11.5. The van der Waals surface area contributed by atoms with E-state index in [0.29, 0.717) is 22.4 Å². The van der Waals surface area contributed by atoms with Crippen molar-refractivity contribution in [2.75, 3.05) is 13.1 Å². The average Bonchev–Trinajstić information content (AvgIpc) is 2.98. The Balaban J connectivity index is 2.10. The first kappa shape index (κ1) is 11.5. The monoisotopic (exact) mass is 253 g/mol. The molecule has 1 aromatic rings. The molecule has 0 bridgehead atoms. The van der Waals surface area contributed by atoms with Crippen molar-refractivity contribution in [2.45, 2.75) is 12.8 Å². The number of rotatable bonds is 4. The normalized spacial score (nSPS) is 14.5. The van der Waals surface area contributed by atoms with Crippen molar-refractivity contribution < 1.29 is 4.79 Å². The first-order valence-corrected chi connectivity index (χ1v) is 6.44. The fraction of sp³-hybridized carbons (Fsp3) is 0.417. The van der Waals surface area contributed by atoms with Crippen LogP contribution in [0.25, 0.3) is 0 Å². The number of carbonyl (C=O) groups excluding carboxylic acids is 1. The molecule has 1 aromatic heterocycles. The molecule has 2 rings (SSSR count). The summed E-state index contributed by atoms with van der Waals surface area (Å²) in [5.41, 5.74) is 0. The van der Waals surface area contributed by atoms with Crippen molar-refractivity contribution in [3.63, 3.8) is 0 Å². The molecule has 1 heterocycles. The lowest BCUT2D eigenvalue weighted by molar-refractivity contribution is 0.0775. The van der Waals surface area contributed by atoms with Gasteiger partial charge in [0.1, 0.15) is 4.88 Å². The summed E-state index contributed by atoms with van der Waals surface area (Å²) < 4.78 is 0. The highest BCUT2D eigenvalue weighted by Crippen LogP contribution is 2.31. The van der Waals surface area contributed by atoms with Crippen LogP contribution < -0.4 is 0 Å². The number of hydrogen-bond donors (Lipinski definition) is 0. The van der Waals surface area contributed by atoms with Gasteiger partial charge in [0.25, 0.3) is 5.91 Å². The zero-order valence-corrected chi connectivity index (χ0v) is 10.4. The Kier molecular flexibility index (Phi) is 3.52. The van der Waals surface area contributed by atoms with Crippen LogP contribution in [-0.4, -0.2) is 23.9 Å². The van der Waals surface area contributed by atoms with Crippen LogP contribution >= 0.6 is 22.9 Å². The van der Waals surface area contributed by atoms with Crippen molar-refractivity contribution in [1.82, 2.24) is 4.90 Å². The second-order valence-corrected chi connectivity index (χ2v) is 5.25. The molecule has 1 aliphatic rings. The molecule has 1 fully saturated rings. The topological polar surface area (TPSA) is 20.3 Å². The van der Waals surface area contributed by atoms with Gasteiger partial charge in [-0.2, -0.15) is 0 Å². The van der Waals surface area contributed by atoms with Crippen LogP contribution in [0.2, 0.25) is 5.02 Å². The number of thiophene rings is 1. The fourth-order valence-electron chi connectivity index (χ4n) is 1.53. The van der Waals surface area contributed by atoms with Crippen LogP contribution in [0.1, 0.15) is 22.5 Å². The lowest BCUT2D eigenvalue weighted by Gasteiger charge is -2.19. The predicted octanol–water partition coefficient (Wildman–Crippen LogP) is 2.89. The Morgan fingerprint density at radius 2 is 2.44 bits per heavy atom. The maximum Gasteiger partial charge on any atom is 0.266 e. The van der Waals surface area contributed by atoms with Crippen LogP contribution in [0.5, 0.6) is 0 Å². The van der Waals surface area contributed by atoms with E-state index in [4.69, 9.17) is 18.0 Å². The van der Waals surface area contributed by atoms with Gasteiger partial charge in [-0.1, -0.05) is 17.5 Å². The summed E-state index contributed by atoms with van der Waals surface area (Å²) in [5, 5.41) is 2.34. The SMILES string of the molecule is C#CCN(CC1CC1)C(=O)c1sccc1Cl. The van der Waals surface area contributed by atoms with Gasteiger partial charge >= 0.3 is 0 Å². The van der Waals surface area contributed by atoms with Crippen molar-refractivity contribution in [2.24, 2.45) is 5.92 Å². The van der Waals surface area contributed by atoms with Gasteiger partial charge in [0.15, 0.2) is 0 Å². The maximum absolute atomic E-state index is 12.1. The number of halogens is 1. The molecule has 0 aromatic carbocycles. The number of nitrogens with zero attached hydrogens (tertiary/aromatic N) is 1. The van der Waals surface area contributed by atoms with E-state index in [1.54, 1.807) is 11.0 Å². The summed E-state index contributed by atoms with van der Waals surface area (Å²) in [6.07, 6.45) is 7.68. The molecule has 0 aliphatic heterocycles. The van der Waals surface area contributed by atoms with Gasteiger partial charge in [-0.25, -0.2) is 0 Å². The quantitative estimate of drug-likeness (QED) is 0.756. The highest BCUT2D eigenvalue weighted by Gasteiger charge is 2.27. The molecule has 0 radical (unpaired) electrons. The highest BCUT2D eigenvalue weighted by atomic mass is 35.5. The predicted molar refractivity (Wildman–Crippen MR) is 66.8 cm³/mol. The smallest absolute Gasteiger partial charge is 0.266 e. The van der Waals surface area contributed by atoms with E-state index >= 15 is 0 Å². The van der Waals surface area contributed by atoms with E-state index in [9.17, 15) is 4.79 Å². The fourth-order valence-corrected chi connectivity index (χ4v) is 2.63. The van der Waals surface area contributed by atoms with Gasteiger partial charge in [-0.15, -0.1) is 17.8 Å². The van der Waals surface area contributed by atoms with Gasteiger partial charge in [0.2, 0.25) is 0 Å². The lowest BCUT2D eigenvalue weighted by atomic mass is 10.3. The minimum Gasteiger partial charge on any atom is -0.326 e. The molecule has 4 heteroatoms. The van der Waals surface area contributed by atoms with Crippen LogP contribution in [-0.2, 0) is 0 Å². The summed E-state index contributed by atoms with van der Waals surface area (Å²) in [6, 6.07) is 1.74. The number of carbonyl (C=O) groups is 1. The van der Waals surface area contributed by atoms with Crippen LogP contribution in [0.15, 0.2) is 11.4 Å². The van der Waals surface area contributed by atoms with Crippen LogP contribution in [0.4, 0.5) is 0 Å². The van der Waals surface area contributed by atoms with Gasteiger partial charge in [-0.05, 0) is 30.2 Å². The van der Waals surface area contributed by atoms with Crippen LogP contribution in [0, 0.1) is 18.3 Å². The Hall–Kier alpha value is -0.980. The Morgan fingerprint density at radius 1 is 1.69 bits per heavy atom. The molecule has 16 heavy (non-hydrogen) atoms. The third kappa shape index (κ3) is 2.58. The first-order valence-electron chi connectivity index (χ1n) is 5.18. The van der Waals surface area contributed by atoms with Crippen molar-refractivity contribution in [3.05, 3.63) is 21.3 Å². The minimum atomic E-state index is -0.0372. The van der Waals surface area contributed by atoms with Crippen molar-refractivity contribution in [1.29, 1.82) is 0 Å². The molecule has 0 saturated heterocycles. The van der Waals surface area contributed by atoms with E-state index in [2.05, 4.69) is 5.92 Å². The van der Waals surface area contributed by atoms with Gasteiger partial charge in [0, 0.05) is 6.54 Å². The summed E-state index contributed by atoms with van der Waals surface area (Å²) in [5.74, 6) is 3.13. The Bertz CT molecular complexity index is 430. The number of amides is 1. The van der Waals surface area contributed by atoms with Gasteiger partial charge < -0.3 is 4.90 Å². The average molecular weight is 254 g/mol. The molecule has 0 N–H and O–H groups in total.